The molecule has 0 aliphatic heterocycles. The van der Waals surface area contributed by atoms with Crippen molar-refractivity contribution in [3.05, 3.63) is 71.7 Å². The lowest BCUT2D eigenvalue weighted by Crippen LogP contribution is -2.00. The van der Waals surface area contributed by atoms with Crippen molar-refractivity contribution in [2.45, 2.75) is 30.7 Å². The number of halogens is 1. The van der Waals surface area contributed by atoms with Crippen LogP contribution in [-0.2, 0) is 5.75 Å². The van der Waals surface area contributed by atoms with Gasteiger partial charge in [0.15, 0.2) is 5.16 Å². The van der Waals surface area contributed by atoms with Gasteiger partial charge in [-0.2, -0.15) is 4.98 Å². The second-order valence-electron chi connectivity index (χ2n) is 6.26. The summed E-state index contributed by atoms with van der Waals surface area (Å²) in [6.07, 6.45) is 0. The third-order valence-corrected chi connectivity index (χ3v) is 4.76. The molecule has 0 fully saturated rings. The van der Waals surface area contributed by atoms with Crippen LogP contribution < -0.4 is 9.47 Å². The minimum Gasteiger partial charge on any atom is -0.497 e. The van der Waals surface area contributed by atoms with Gasteiger partial charge in [-0.1, -0.05) is 43.8 Å². The summed E-state index contributed by atoms with van der Waals surface area (Å²) >= 11 is 1.49. The van der Waals surface area contributed by atoms with Crippen LogP contribution >= 0.6 is 11.8 Å². The molecule has 0 aliphatic rings. The van der Waals surface area contributed by atoms with Crippen molar-refractivity contribution in [1.82, 2.24) is 9.97 Å². The van der Waals surface area contributed by atoms with Crippen LogP contribution in [0.5, 0.6) is 17.4 Å². The van der Waals surface area contributed by atoms with Gasteiger partial charge in [-0.3, -0.25) is 0 Å². The van der Waals surface area contributed by atoms with Crippen molar-refractivity contribution in [2.24, 2.45) is 0 Å². The van der Waals surface area contributed by atoms with Crippen molar-refractivity contribution in [1.29, 1.82) is 0 Å². The van der Waals surface area contributed by atoms with E-state index >= 15 is 0 Å². The first kappa shape index (κ1) is 19.2. The van der Waals surface area contributed by atoms with Crippen molar-refractivity contribution in [3.63, 3.8) is 0 Å². The first-order chi connectivity index (χ1) is 13.0. The van der Waals surface area contributed by atoms with Crippen molar-refractivity contribution >= 4 is 11.8 Å². The Kier molecular flexibility index (Phi) is 6.29. The normalized spacial score (nSPS) is 10.9. The van der Waals surface area contributed by atoms with Gasteiger partial charge in [0.2, 0.25) is 5.88 Å². The molecule has 0 unspecified atom stereocenters. The summed E-state index contributed by atoms with van der Waals surface area (Å²) in [5, 5.41) is 0.628. The van der Waals surface area contributed by atoms with E-state index in [1.165, 1.54) is 23.9 Å². The van der Waals surface area contributed by atoms with E-state index in [-0.39, 0.29) is 11.7 Å². The lowest BCUT2D eigenvalue weighted by Gasteiger charge is -2.11. The number of hydrogen-bond donors (Lipinski definition) is 0. The van der Waals surface area contributed by atoms with Crippen LogP contribution in [0.3, 0.4) is 0 Å². The van der Waals surface area contributed by atoms with Gasteiger partial charge in [-0.15, -0.1) is 0 Å². The molecule has 0 bridgehead atoms. The second-order valence-corrected chi connectivity index (χ2v) is 7.21. The van der Waals surface area contributed by atoms with E-state index in [1.807, 2.05) is 30.3 Å². The molecule has 3 rings (SSSR count). The summed E-state index contributed by atoms with van der Waals surface area (Å²) in [5.41, 5.74) is 1.92. The quantitative estimate of drug-likeness (QED) is 0.379. The molecule has 0 saturated heterocycles. The summed E-state index contributed by atoms with van der Waals surface area (Å²) in [7, 11) is 1.62. The number of rotatable bonds is 7. The van der Waals surface area contributed by atoms with E-state index in [1.54, 1.807) is 19.2 Å². The Bertz CT molecular complexity index is 901. The zero-order valence-corrected chi connectivity index (χ0v) is 16.3. The number of aromatic nitrogens is 2. The lowest BCUT2D eigenvalue weighted by molar-refractivity contribution is 0.406. The highest BCUT2D eigenvalue weighted by atomic mass is 32.2. The largest absolute Gasteiger partial charge is 0.497 e. The van der Waals surface area contributed by atoms with Gasteiger partial charge in [0, 0.05) is 17.9 Å². The molecule has 0 aliphatic carbocycles. The third-order valence-electron chi connectivity index (χ3n) is 3.84. The predicted molar refractivity (Wildman–Crippen MR) is 105 cm³/mol. The minimum absolute atomic E-state index is 0.240. The zero-order chi connectivity index (χ0) is 19.2. The summed E-state index contributed by atoms with van der Waals surface area (Å²) < 4.78 is 24.2. The molecular weight excluding hydrogens is 363 g/mol. The maximum atomic E-state index is 13.0. The predicted octanol–water partition coefficient (Wildman–Crippen LogP) is 5.83. The fourth-order valence-electron chi connectivity index (χ4n) is 2.35. The van der Waals surface area contributed by atoms with E-state index in [2.05, 4.69) is 23.8 Å². The Morgan fingerprint density at radius 1 is 1.00 bits per heavy atom. The van der Waals surface area contributed by atoms with Gasteiger partial charge in [-0.25, -0.2) is 9.37 Å². The average molecular weight is 384 g/mol. The Labute approximate surface area is 162 Å². The molecule has 4 nitrogen and oxygen atoms in total. The number of hydrogen-bond acceptors (Lipinski definition) is 5. The van der Waals surface area contributed by atoms with Gasteiger partial charge in [0.25, 0.3) is 0 Å². The molecular formula is C21H21FN2O2S. The van der Waals surface area contributed by atoms with Crippen LogP contribution in [0.15, 0.2) is 59.8 Å². The van der Waals surface area contributed by atoms with Crippen LogP contribution in [0.25, 0.3) is 0 Å². The Morgan fingerprint density at radius 3 is 2.44 bits per heavy atom. The van der Waals surface area contributed by atoms with Gasteiger partial charge in [0.05, 0.1) is 12.8 Å². The lowest BCUT2D eigenvalue weighted by atomic mass is 10.1. The van der Waals surface area contributed by atoms with Crippen LogP contribution in [-0.4, -0.2) is 17.1 Å². The van der Waals surface area contributed by atoms with Crippen LogP contribution in [0.1, 0.15) is 31.0 Å². The monoisotopic (exact) mass is 384 g/mol. The smallest absolute Gasteiger partial charge is 0.223 e. The minimum atomic E-state index is -0.240. The fourth-order valence-corrected chi connectivity index (χ4v) is 3.16. The number of thioether (sulfide) groups is 1. The van der Waals surface area contributed by atoms with Gasteiger partial charge in [-0.05, 0) is 35.7 Å². The summed E-state index contributed by atoms with van der Waals surface area (Å²) in [5.74, 6) is 2.51. The number of nitrogens with zero attached hydrogens (tertiary/aromatic N) is 2. The fraction of sp³-hybridized carbons (Fsp3) is 0.238. The molecule has 6 heteroatoms. The first-order valence-electron chi connectivity index (χ1n) is 8.61. The van der Waals surface area contributed by atoms with Gasteiger partial charge >= 0.3 is 0 Å². The Balaban J connectivity index is 1.80. The molecule has 0 saturated carbocycles. The summed E-state index contributed by atoms with van der Waals surface area (Å²) in [6.45, 7) is 4.15. The van der Waals surface area contributed by atoms with Crippen LogP contribution in [0, 0.1) is 5.82 Å². The maximum Gasteiger partial charge on any atom is 0.223 e. The van der Waals surface area contributed by atoms with Crippen molar-refractivity contribution in [3.8, 4) is 17.4 Å². The molecule has 1 aromatic heterocycles. The molecule has 0 N–H and O–H groups in total. The standard InChI is InChI=1S/C21H21FN2O2S/c1-14(2)19-12-20(26-18-6-4-5-17(11-18)25-3)24-21(23-19)27-13-15-7-9-16(22)10-8-15/h4-12,14H,13H2,1-3H3. The average Bonchev–Trinajstić information content (AvgIpc) is 2.67. The molecule has 0 spiro atoms. The summed E-state index contributed by atoms with van der Waals surface area (Å²) in [4.78, 5) is 9.13. The van der Waals surface area contributed by atoms with E-state index in [9.17, 15) is 4.39 Å². The maximum absolute atomic E-state index is 13.0. The molecule has 0 amide bonds. The zero-order valence-electron chi connectivity index (χ0n) is 15.5. The van der Waals surface area contributed by atoms with Gasteiger partial charge < -0.3 is 9.47 Å². The molecule has 140 valence electrons. The molecule has 27 heavy (non-hydrogen) atoms. The third kappa shape index (κ3) is 5.44. The molecule has 0 atom stereocenters. The van der Waals surface area contributed by atoms with Gasteiger partial charge in [0.1, 0.15) is 17.3 Å². The van der Waals surface area contributed by atoms with E-state index in [0.29, 0.717) is 22.5 Å². The highest BCUT2D eigenvalue weighted by Gasteiger charge is 2.11. The number of benzene rings is 2. The highest BCUT2D eigenvalue weighted by molar-refractivity contribution is 7.98. The topological polar surface area (TPSA) is 44.2 Å². The molecule has 3 aromatic rings. The molecule has 1 heterocycles. The SMILES string of the molecule is COc1cccc(Oc2cc(C(C)C)nc(SCc3ccc(F)cc3)n2)c1. The van der Waals surface area contributed by atoms with E-state index < -0.39 is 0 Å². The number of ether oxygens (including phenoxy) is 2. The number of methoxy groups -OCH3 is 1. The van der Waals surface area contributed by atoms with Crippen molar-refractivity contribution < 1.29 is 13.9 Å². The molecule has 2 aromatic carbocycles. The second kappa shape index (κ2) is 8.86. The molecule has 0 radical (unpaired) electrons. The van der Waals surface area contributed by atoms with Crippen LogP contribution in [0.2, 0.25) is 0 Å². The van der Waals surface area contributed by atoms with E-state index in [4.69, 9.17) is 9.47 Å². The van der Waals surface area contributed by atoms with Crippen LogP contribution in [0.4, 0.5) is 4.39 Å². The summed E-state index contributed by atoms with van der Waals surface area (Å²) in [6, 6.07) is 15.7. The van der Waals surface area contributed by atoms with E-state index in [0.717, 1.165) is 17.0 Å². The highest BCUT2D eigenvalue weighted by Crippen LogP contribution is 2.29. The van der Waals surface area contributed by atoms with Crippen molar-refractivity contribution in [2.75, 3.05) is 7.11 Å². The Morgan fingerprint density at radius 2 is 1.74 bits per heavy atom. The Hall–Kier alpha value is -2.60. The first-order valence-corrected chi connectivity index (χ1v) is 9.60.